The molecule has 1 atom stereocenters. The molecule has 1 aliphatic rings. The van der Waals surface area contributed by atoms with Crippen LogP contribution in [-0.4, -0.2) is 35.0 Å². The summed E-state index contributed by atoms with van der Waals surface area (Å²) in [7, 11) is 0. The molecule has 0 aliphatic carbocycles. The fourth-order valence-corrected chi connectivity index (χ4v) is 2.20. The second kappa shape index (κ2) is 4.30. The lowest BCUT2D eigenvalue weighted by molar-refractivity contribution is -0.122. The Morgan fingerprint density at radius 2 is 2.47 bits per heavy atom. The number of hydrogen-bond donors (Lipinski definition) is 1. The molecular weight excluding hydrogens is 307 g/mol. The molecule has 2 rings (SSSR count). The van der Waals surface area contributed by atoms with Gasteiger partial charge in [-0.1, -0.05) is 0 Å². The highest BCUT2D eigenvalue weighted by atomic mass is 127. The second-order valence-electron chi connectivity index (χ2n) is 3.35. The number of hydrogen-bond acceptors (Lipinski definition) is 4. The highest BCUT2D eigenvalue weighted by Crippen LogP contribution is 2.21. The van der Waals surface area contributed by atoms with Crippen LogP contribution in [0.3, 0.4) is 0 Å². The number of piperazine rings is 1. The van der Waals surface area contributed by atoms with E-state index in [0.29, 0.717) is 6.54 Å². The van der Waals surface area contributed by atoms with Gasteiger partial charge in [0.15, 0.2) is 0 Å². The topological polar surface area (TPSA) is 58.1 Å². The number of amides is 1. The second-order valence-corrected chi connectivity index (χ2v) is 4.52. The molecule has 80 valence electrons. The third-order valence-corrected chi connectivity index (χ3v) is 3.18. The van der Waals surface area contributed by atoms with E-state index < -0.39 is 0 Å². The molecule has 0 radical (unpaired) electrons. The van der Waals surface area contributed by atoms with Crippen molar-refractivity contribution in [3.05, 3.63) is 16.1 Å². The number of carbonyl (C=O) groups excluding carboxylic acids is 1. The number of carbonyl (C=O) groups is 1. The predicted octanol–water partition coefficient (Wildman–Crippen LogP) is 0.406. The average molecular weight is 318 g/mol. The van der Waals surface area contributed by atoms with Crippen molar-refractivity contribution in [1.82, 2.24) is 15.3 Å². The van der Waals surface area contributed by atoms with Crippen molar-refractivity contribution in [2.75, 3.05) is 18.0 Å². The molecule has 0 saturated carbocycles. The molecule has 15 heavy (non-hydrogen) atoms. The van der Waals surface area contributed by atoms with Crippen molar-refractivity contribution in [2.45, 2.75) is 13.0 Å². The average Bonchev–Trinajstić information content (AvgIpc) is 2.23. The first-order valence-electron chi connectivity index (χ1n) is 4.70. The van der Waals surface area contributed by atoms with Crippen LogP contribution in [0.4, 0.5) is 5.82 Å². The molecule has 1 unspecified atom stereocenters. The summed E-state index contributed by atoms with van der Waals surface area (Å²) in [6.45, 7) is 3.34. The third-order valence-electron chi connectivity index (χ3n) is 2.42. The third kappa shape index (κ3) is 2.04. The maximum atomic E-state index is 11.5. The first-order valence-corrected chi connectivity index (χ1v) is 5.78. The summed E-state index contributed by atoms with van der Waals surface area (Å²) >= 11 is 2.18. The van der Waals surface area contributed by atoms with E-state index in [-0.39, 0.29) is 11.9 Å². The van der Waals surface area contributed by atoms with E-state index in [1.807, 2.05) is 11.8 Å². The van der Waals surface area contributed by atoms with E-state index in [0.717, 1.165) is 15.9 Å². The number of halogens is 1. The summed E-state index contributed by atoms with van der Waals surface area (Å²) in [6.07, 6.45) is 3.26. The Labute approximate surface area is 101 Å². The lowest BCUT2D eigenvalue weighted by Crippen LogP contribution is -2.54. The first-order chi connectivity index (χ1) is 7.20. The molecule has 1 aromatic rings. The Balaban J connectivity index is 2.30. The van der Waals surface area contributed by atoms with Gasteiger partial charge in [0.25, 0.3) is 0 Å². The Morgan fingerprint density at radius 1 is 1.67 bits per heavy atom. The van der Waals surface area contributed by atoms with E-state index in [1.165, 1.54) is 6.33 Å². The van der Waals surface area contributed by atoms with Gasteiger partial charge in [0.05, 0.1) is 3.57 Å². The van der Waals surface area contributed by atoms with Crippen LogP contribution >= 0.6 is 22.6 Å². The first kappa shape index (κ1) is 10.6. The van der Waals surface area contributed by atoms with Gasteiger partial charge in [-0.25, -0.2) is 9.97 Å². The normalized spacial score (nSPS) is 21.3. The number of anilines is 1. The molecule has 6 heteroatoms. The SMILES string of the molecule is CC1C(=O)NCCN1c1ncncc1I. The molecule has 1 saturated heterocycles. The minimum atomic E-state index is -0.165. The minimum Gasteiger partial charge on any atom is -0.353 e. The van der Waals surface area contributed by atoms with Gasteiger partial charge in [-0.15, -0.1) is 0 Å². The minimum absolute atomic E-state index is 0.0515. The highest BCUT2D eigenvalue weighted by Gasteiger charge is 2.27. The Kier molecular flexibility index (Phi) is 3.03. The van der Waals surface area contributed by atoms with Crippen LogP contribution < -0.4 is 10.2 Å². The van der Waals surface area contributed by atoms with Crippen molar-refractivity contribution in [3.8, 4) is 0 Å². The van der Waals surface area contributed by atoms with Crippen LogP contribution in [0.2, 0.25) is 0 Å². The molecule has 1 amide bonds. The monoisotopic (exact) mass is 318 g/mol. The van der Waals surface area contributed by atoms with Crippen LogP contribution in [0, 0.1) is 3.57 Å². The van der Waals surface area contributed by atoms with Crippen LogP contribution in [0.15, 0.2) is 12.5 Å². The molecule has 1 aromatic heterocycles. The summed E-state index contributed by atoms with van der Waals surface area (Å²) in [5, 5.41) is 2.82. The van der Waals surface area contributed by atoms with Crippen molar-refractivity contribution in [1.29, 1.82) is 0 Å². The Hall–Kier alpha value is -0.920. The summed E-state index contributed by atoms with van der Waals surface area (Å²) in [6, 6.07) is -0.165. The lowest BCUT2D eigenvalue weighted by Gasteiger charge is -2.34. The van der Waals surface area contributed by atoms with Gasteiger partial charge in [-0.2, -0.15) is 0 Å². The molecule has 5 nitrogen and oxygen atoms in total. The van der Waals surface area contributed by atoms with Crippen LogP contribution in [-0.2, 0) is 4.79 Å². The lowest BCUT2D eigenvalue weighted by atomic mass is 10.2. The molecule has 0 spiro atoms. The molecule has 2 heterocycles. The number of aromatic nitrogens is 2. The molecule has 1 fully saturated rings. The maximum absolute atomic E-state index is 11.5. The largest absolute Gasteiger partial charge is 0.353 e. The van der Waals surface area contributed by atoms with Crippen molar-refractivity contribution < 1.29 is 4.79 Å². The van der Waals surface area contributed by atoms with E-state index in [9.17, 15) is 4.79 Å². The van der Waals surface area contributed by atoms with Gasteiger partial charge in [-0.05, 0) is 29.5 Å². The summed E-state index contributed by atoms with van der Waals surface area (Å²) in [4.78, 5) is 21.6. The Morgan fingerprint density at radius 3 is 3.20 bits per heavy atom. The zero-order valence-electron chi connectivity index (χ0n) is 8.27. The van der Waals surface area contributed by atoms with E-state index in [1.54, 1.807) is 6.20 Å². The quantitative estimate of drug-likeness (QED) is 0.762. The zero-order valence-corrected chi connectivity index (χ0v) is 10.4. The van der Waals surface area contributed by atoms with Crippen LogP contribution in [0.5, 0.6) is 0 Å². The molecule has 1 aliphatic heterocycles. The predicted molar refractivity (Wildman–Crippen MR) is 64.6 cm³/mol. The van der Waals surface area contributed by atoms with Crippen molar-refractivity contribution >= 4 is 34.3 Å². The Bertz CT molecular complexity index is 384. The van der Waals surface area contributed by atoms with Crippen LogP contribution in [0.1, 0.15) is 6.92 Å². The van der Waals surface area contributed by atoms with Crippen molar-refractivity contribution in [2.24, 2.45) is 0 Å². The maximum Gasteiger partial charge on any atom is 0.242 e. The summed E-state index contributed by atoms with van der Waals surface area (Å²) < 4.78 is 0.969. The number of nitrogens with one attached hydrogen (secondary N) is 1. The van der Waals surface area contributed by atoms with Gasteiger partial charge >= 0.3 is 0 Å². The van der Waals surface area contributed by atoms with E-state index in [4.69, 9.17) is 0 Å². The molecule has 0 bridgehead atoms. The number of rotatable bonds is 1. The smallest absolute Gasteiger partial charge is 0.242 e. The van der Waals surface area contributed by atoms with E-state index in [2.05, 4.69) is 37.9 Å². The summed E-state index contributed by atoms with van der Waals surface area (Å²) in [5.74, 6) is 0.892. The van der Waals surface area contributed by atoms with Gasteiger partial charge in [0, 0.05) is 19.3 Å². The van der Waals surface area contributed by atoms with Gasteiger partial charge < -0.3 is 10.2 Å². The molecule has 1 N–H and O–H groups in total. The molecule has 0 aromatic carbocycles. The fraction of sp³-hybridized carbons (Fsp3) is 0.444. The number of nitrogens with zero attached hydrogens (tertiary/aromatic N) is 3. The van der Waals surface area contributed by atoms with Crippen LogP contribution in [0.25, 0.3) is 0 Å². The fourth-order valence-electron chi connectivity index (χ4n) is 1.59. The molecular formula is C9H11IN4O. The van der Waals surface area contributed by atoms with Crippen molar-refractivity contribution in [3.63, 3.8) is 0 Å². The zero-order chi connectivity index (χ0) is 10.8. The highest BCUT2D eigenvalue weighted by molar-refractivity contribution is 14.1. The van der Waals surface area contributed by atoms with Gasteiger partial charge in [0.2, 0.25) is 5.91 Å². The van der Waals surface area contributed by atoms with Gasteiger partial charge in [-0.3, -0.25) is 4.79 Å². The standard InChI is InChI=1S/C9H11IN4O/c1-6-9(15)12-2-3-14(6)8-7(10)4-11-5-13-8/h4-6H,2-3H2,1H3,(H,12,15). The van der Waals surface area contributed by atoms with E-state index >= 15 is 0 Å². The van der Waals surface area contributed by atoms with Gasteiger partial charge in [0.1, 0.15) is 18.2 Å². The summed E-state index contributed by atoms with van der Waals surface area (Å²) in [5.41, 5.74) is 0.